The van der Waals surface area contributed by atoms with Crippen LogP contribution < -0.4 is 9.62 Å². The summed E-state index contributed by atoms with van der Waals surface area (Å²) in [6.07, 6.45) is 5.21. The number of aromatic nitrogens is 2. The van der Waals surface area contributed by atoms with Gasteiger partial charge >= 0.3 is 0 Å². The first-order chi connectivity index (χ1) is 16.3. The largest absolute Gasteiger partial charge is 0.350 e. The Hall–Kier alpha value is -3.98. The van der Waals surface area contributed by atoms with Gasteiger partial charge in [0.25, 0.3) is 10.0 Å². The van der Waals surface area contributed by atoms with Crippen LogP contribution in [0.5, 0.6) is 0 Å². The Morgan fingerprint density at radius 3 is 2.29 bits per heavy atom. The number of carbonyl (C=O) groups excluding carboxylic acids is 1. The molecule has 0 bridgehead atoms. The van der Waals surface area contributed by atoms with Gasteiger partial charge in [-0.25, -0.2) is 17.8 Å². The van der Waals surface area contributed by atoms with Crippen LogP contribution in [0.3, 0.4) is 0 Å². The van der Waals surface area contributed by atoms with E-state index in [0.717, 1.165) is 33.3 Å². The van der Waals surface area contributed by atoms with E-state index >= 15 is 0 Å². The first kappa shape index (κ1) is 23.2. The molecule has 1 N–H and O–H groups in total. The molecule has 7 nitrogen and oxygen atoms in total. The van der Waals surface area contributed by atoms with E-state index in [1.807, 2.05) is 42.0 Å². The van der Waals surface area contributed by atoms with E-state index in [1.165, 1.54) is 12.1 Å². The number of sulfonamides is 1. The lowest BCUT2D eigenvalue weighted by Crippen LogP contribution is -2.40. The molecular formula is C25H23FN4O3S. The summed E-state index contributed by atoms with van der Waals surface area (Å²) in [6, 6.07) is 18.9. The number of benzene rings is 3. The second-order valence-electron chi connectivity index (χ2n) is 7.71. The Labute approximate surface area is 197 Å². The van der Waals surface area contributed by atoms with E-state index in [1.54, 1.807) is 36.8 Å². The van der Waals surface area contributed by atoms with Gasteiger partial charge in [0, 0.05) is 24.6 Å². The van der Waals surface area contributed by atoms with Gasteiger partial charge in [-0.1, -0.05) is 29.8 Å². The zero-order chi connectivity index (χ0) is 24.1. The van der Waals surface area contributed by atoms with Gasteiger partial charge in [0.15, 0.2) is 0 Å². The highest BCUT2D eigenvalue weighted by atomic mass is 32.2. The smallest absolute Gasteiger partial charge is 0.264 e. The van der Waals surface area contributed by atoms with E-state index in [4.69, 9.17) is 0 Å². The maximum atomic E-state index is 13.3. The van der Waals surface area contributed by atoms with Crippen molar-refractivity contribution in [1.82, 2.24) is 14.9 Å². The van der Waals surface area contributed by atoms with Crippen molar-refractivity contribution in [1.29, 1.82) is 0 Å². The van der Waals surface area contributed by atoms with Crippen LogP contribution in [0.25, 0.3) is 5.69 Å². The van der Waals surface area contributed by atoms with Crippen LogP contribution in [0.1, 0.15) is 11.1 Å². The average molecular weight is 479 g/mol. The summed E-state index contributed by atoms with van der Waals surface area (Å²) in [5.41, 5.74) is 3.09. The number of hydrogen-bond donors (Lipinski definition) is 1. The molecule has 0 unspecified atom stereocenters. The summed E-state index contributed by atoms with van der Waals surface area (Å²) in [4.78, 5) is 16.7. The normalized spacial score (nSPS) is 11.2. The van der Waals surface area contributed by atoms with Gasteiger partial charge in [0.1, 0.15) is 12.4 Å². The van der Waals surface area contributed by atoms with Crippen molar-refractivity contribution in [3.05, 3.63) is 108 Å². The van der Waals surface area contributed by atoms with E-state index < -0.39 is 28.3 Å². The lowest BCUT2D eigenvalue weighted by Gasteiger charge is -2.24. The van der Waals surface area contributed by atoms with Crippen molar-refractivity contribution in [3.8, 4) is 5.69 Å². The molecule has 0 aliphatic carbocycles. The van der Waals surface area contributed by atoms with Crippen molar-refractivity contribution < 1.29 is 17.6 Å². The van der Waals surface area contributed by atoms with Crippen LogP contribution in [-0.4, -0.2) is 30.4 Å². The molecule has 0 fully saturated rings. The van der Waals surface area contributed by atoms with E-state index in [-0.39, 0.29) is 11.4 Å². The van der Waals surface area contributed by atoms with Crippen LogP contribution in [0.2, 0.25) is 0 Å². The van der Waals surface area contributed by atoms with Crippen molar-refractivity contribution in [2.24, 2.45) is 0 Å². The second-order valence-corrected chi connectivity index (χ2v) is 9.58. The molecule has 0 aliphatic heterocycles. The van der Waals surface area contributed by atoms with Crippen LogP contribution >= 0.6 is 0 Å². The van der Waals surface area contributed by atoms with Gasteiger partial charge < -0.3 is 9.88 Å². The zero-order valence-corrected chi connectivity index (χ0v) is 19.2. The first-order valence-corrected chi connectivity index (χ1v) is 12.0. The predicted molar refractivity (Wildman–Crippen MR) is 128 cm³/mol. The van der Waals surface area contributed by atoms with Gasteiger partial charge in [-0.3, -0.25) is 9.10 Å². The van der Waals surface area contributed by atoms with Crippen molar-refractivity contribution in [2.75, 3.05) is 10.8 Å². The lowest BCUT2D eigenvalue weighted by atomic mass is 10.2. The molecule has 1 heterocycles. The molecule has 0 atom stereocenters. The zero-order valence-electron chi connectivity index (χ0n) is 18.4. The molecular weight excluding hydrogens is 455 g/mol. The summed E-state index contributed by atoms with van der Waals surface area (Å²) < 4.78 is 42.8. The Balaban J connectivity index is 1.50. The third-order valence-electron chi connectivity index (χ3n) is 5.24. The van der Waals surface area contributed by atoms with Gasteiger partial charge in [-0.15, -0.1) is 0 Å². The number of nitrogens with zero attached hydrogens (tertiary/aromatic N) is 3. The molecule has 1 amide bonds. The average Bonchev–Trinajstić information content (AvgIpc) is 3.37. The van der Waals surface area contributed by atoms with Gasteiger partial charge in [0.2, 0.25) is 5.91 Å². The molecule has 3 aromatic carbocycles. The van der Waals surface area contributed by atoms with Crippen LogP contribution in [0.4, 0.5) is 10.1 Å². The molecule has 0 spiro atoms. The van der Waals surface area contributed by atoms with E-state index in [0.29, 0.717) is 5.69 Å². The number of carbonyl (C=O) groups is 1. The molecule has 34 heavy (non-hydrogen) atoms. The Morgan fingerprint density at radius 1 is 1.00 bits per heavy atom. The fourth-order valence-corrected chi connectivity index (χ4v) is 4.77. The van der Waals surface area contributed by atoms with Crippen LogP contribution in [0.15, 0.2) is 96.4 Å². The maximum absolute atomic E-state index is 13.3. The Morgan fingerprint density at radius 2 is 1.68 bits per heavy atom. The molecule has 0 saturated heterocycles. The van der Waals surface area contributed by atoms with Gasteiger partial charge in [-0.2, -0.15) is 0 Å². The highest BCUT2D eigenvalue weighted by Crippen LogP contribution is 2.24. The molecule has 1 aromatic heterocycles. The van der Waals surface area contributed by atoms with E-state index in [9.17, 15) is 17.6 Å². The van der Waals surface area contributed by atoms with Gasteiger partial charge in [-0.05, 0) is 61.0 Å². The molecule has 9 heteroatoms. The summed E-state index contributed by atoms with van der Waals surface area (Å²) >= 11 is 0. The molecule has 0 aliphatic rings. The number of imidazole rings is 1. The monoisotopic (exact) mass is 478 g/mol. The summed E-state index contributed by atoms with van der Waals surface area (Å²) in [7, 11) is -4.10. The van der Waals surface area contributed by atoms with Gasteiger partial charge in [0.05, 0.1) is 16.9 Å². The highest BCUT2D eigenvalue weighted by molar-refractivity contribution is 7.92. The highest BCUT2D eigenvalue weighted by Gasteiger charge is 2.27. The second kappa shape index (κ2) is 9.88. The fourth-order valence-electron chi connectivity index (χ4n) is 3.34. The number of rotatable bonds is 8. The van der Waals surface area contributed by atoms with E-state index in [2.05, 4.69) is 10.3 Å². The minimum Gasteiger partial charge on any atom is -0.350 e. The Bertz CT molecular complexity index is 1350. The summed E-state index contributed by atoms with van der Waals surface area (Å²) in [5, 5.41) is 2.77. The molecule has 0 saturated carbocycles. The fraction of sp³-hybridized carbons (Fsp3) is 0.120. The van der Waals surface area contributed by atoms with Crippen LogP contribution in [-0.2, 0) is 21.4 Å². The standard InChI is InChI=1S/C25H23FN4O3S/c1-19-2-8-23(9-3-19)30(34(32,33)24-12-6-21(26)7-13-24)17-25(31)28-16-20-4-10-22(11-5-20)29-15-14-27-18-29/h2-15,18H,16-17H2,1H3,(H,28,31). The predicted octanol–water partition coefficient (Wildman–Crippen LogP) is 3.83. The third kappa shape index (κ3) is 5.32. The van der Waals surface area contributed by atoms with Crippen molar-refractivity contribution >= 4 is 21.6 Å². The lowest BCUT2D eigenvalue weighted by molar-refractivity contribution is -0.119. The first-order valence-electron chi connectivity index (χ1n) is 10.5. The number of anilines is 1. The summed E-state index contributed by atoms with van der Waals surface area (Å²) in [6.45, 7) is 1.70. The third-order valence-corrected chi connectivity index (χ3v) is 7.03. The quantitative estimate of drug-likeness (QED) is 0.417. The number of aryl methyl sites for hydroxylation is 1. The number of hydrogen-bond acceptors (Lipinski definition) is 4. The minimum absolute atomic E-state index is 0.0997. The SMILES string of the molecule is Cc1ccc(N(CC(=O)NCc2ccc(-n3ccnc3)cc2)S(=O)(=O)c2ccc(F)cc2)cc1. The molecule has 4 aromatic rings. The van der Waals surface area contributed by atoms with Crippen LogP contribution in [0, 0.1) is 12.7 Å². The van der Waals surface area contributed by atoms with Crippen molar-refractivity contribution in [2.45, 2.75) is 18.4 Å². The summed E-state index contributed by atoms with van der Waals surface area (Å²) in [5.74, 6) is -1.01. The topological polar surface area (TPSA) is 84.3 Å². The number of amides is 1. The van der Waals surface area contributed by atoms with Crippen molar-refractivity contribution in [3.63, 3.8) is 0 Å². The minimum atomic E-state index is -4.10. The number of nitrogens with one attached hydrogen (secondary N) is 1. The number of halogens is 1. The molecule has 4 rings (SSSR count). The molecule has 174 valence electrons. The Kier molecular flexibility index (Phi) is 6.74. The maximum Gasteiger partial charge on any atom is 0.264 e. The molecule has 0 radical (unpaired) electrons.